The Bertz CT molecular complexity index is 347. The van der Waals surface area contributed by atoms with Crippen LogP contribution in [0.2, 0.25) is 0 Å². The molecule has 6 nitrogen and oxygen atoms in total. The minimum absolute atomic E-state index is 0.630. The highest BCUT2D eigenvalue weighted by atomic mass is 16.6. The summed E-state index contributed by atoms with van der Waals surface area (Å²) in [5, 5.41) is 1.74. The number of rotatable bonds is 3. The molecule has 14 heavy (non-hydrogen) atoms. The molecule has 0 bridgehead atoms. The van der Waals surface area contributed by atoms with Crippen LogP contribution in [0, 0.1) is 0 Å². The molecule has 82 valence electrons. The van der Waals surface area contributed by atoms with E-state index in [-0.39, 0.29) is 0 Å². The van der Waals surface area contributed by atoms with Gasteiger partial charge in [0, 0.05) is 6.50 Å². The highest BCUT2D eigenvalue weighted by Crippen LogP contribution is 2.05. The lowest BCUT2D eigenvalue weighted by atomic mass is 10.2. The Morgan fingerprint density at radius 1 is 1.57 bits per heavy atom. The zero-order chi connectivity index (χ0) is 14.8. The molecule has 0 aliphatic heterocycles. The molecule has 0 atom stereocenters. The fraction of sp³-hybridized carbons (Fsp3) is 0.750. The lowest BCUT2D eigenvalue weighted by Gasteiger charge is -2.19. The summed E-state index contributed by atoms with van der Waals surface area (Å²) in [6, 6.07) is 0. The number of hydrogen-bond acceptors (Lipinski definition) is 3. The fourth-order valence-corrected chi connectivity index (χ4v) is 0.475. The van der Waals surface area contributed by atoms with Gasteiger partial charge in [-0.15, -0.1) is 0 Å². The third-order valence-corrected chi connectivity index (χ3v) is 0.804. The standard InChI is InChI=1S/C8H18N4O2/c1-8(2,3)14-7(13)12-5-4-11-6(9)10/h4-5H2,1-3H3,(H,12,13)(H4,9,10,11)/i4D2,5D2. The van der Waals surface area contributed by atoms with E-state index in [2.05, 4.69) is 4.99 Å². The number of nitrogens with two attached hydrogens (primary N) is 2. The minimum atomic E-state index is -2.82. The van der Waals surface area contributed by atoms with Crippen molar-refractivity contribution in [1.82, 2.24) is 5.32 Å². The molecule has 0 aliphatic carbocycles. The van der Waals surface area contributed by atoms with Crippen LogP contribution in [0.4, 0.5) is 4.79 Å². The van der Waals surface area contributed by atoms with Crippen molar-refractivity contribution in [1.29, 1.82) is 0 Å². The van der Waals surface area contributed by atoms with Gasteiger partial charge in [-0.1, -0.05) is 0 Å². The number of nitrogens with one attached hydrogen (secondary N) is 1. The molecule has 0 rings (SSSR count). The molecule has 0 aromatic carbocycles. The molecule has 0 radical (unpaired) electrons. The minimum Gasteiger partial charge on any atom is -0.444 e. The van der Waals surface area contributed by atoms with Gasteiger partial charge in [0.1, 0.15) is 5.60 Å². The van der Waals surface area contributed by atoms with E-state index in [1.165, 1.54) is 0 Å². The summed E-state index contributed by atoms with van der Waals surface area (Å²) in [5.41, 5.74) is 9.14. The van der Waals surface area contributed by atoms with Gasteiger partial charge in [0.15, 0.2) is 5.96 Å². The van der Waals surface area contributed by atoms with Crippen molar-refractivity contribution < 1.29 is 15.0 Å². The number of alkyl carbamates (subject to hydrolysis) is 1. The highest BCUT2D eigenvalue weighted by molar-refractivity contribution is 5.75. The van der Waals surface area contributed by atoms with Gasteiger partial charge < -0.3 is 21.5 Å². The number of nitrogens with zero attached hydrogens (tertiary/aromatic N) is 1. The van der Waals surface area contributed by atoms with Crippen molar-refractivity contribution in [3.05, 3.63) is 0 Å². The summed E-state index contributed by atoms with van der Waals surface area (Å²) in [6.07, 6.45) is -1.11. The SMILES string of the molecule is [2H]C([2H])(N=C(N)N)C([2H])([2H])NC(=O)OC(C)(C)C. The Hall–Kier alpha value is -1.46. The lowest BCUT2D eigenvalue weighted by Crippen LogP contribution is -2.34. The summed E-state index contributed by atoms with van der Waals surface area (Å²) in [7, 11) is 0. The van der Waals surface area contributed by atoms with Crippen LogP contribution in [0.25, 0.3) is 0 Å². The molecule has 0 aromatic heterocycles. The van der Waals surface area contributed by atoms with Crippen LogP contribution in [0.3, 0.4) is 0 Å². The Morgan fingerprint density at radius 3 is 2.57 bits per heavy atom. The smallest absolute Gasteiger partial charge is 0.407 e. The molecule has 0 heterocycles. The molecule has 0 saturated heterocycles. The number of carbonyl (C=O) groups is 1. The van der Waals surface area contributed by atoms with Gasteiger partial charge in [-0.2, -0.15) is 0 Å². The summed E-state index contributed by atoms with van der Waals surface area (Å²) in [5.74, 6) is -0.630. The van der Waals surface area contributed by atoms with Crippen LogP contribution in [-0.4, -0.2) is 30.6 Å². The van der Waals surface area contributed by atoms with Crippen molar-refractivity contribution in [3.63, 3.8) is 0 Å². The normalized spacial score (nSPS) is 16.8. The maximum Gasteiger partial charge on any atom is 0.407 e. The highest BCUT2D eigenvalue weighted by Gasteiger charge is 2.15. The number of ether oxygens (including phenoxy) is 1. The van der Waals surface area contributed by atoms with Gasteiger partial charge >= 0.3 is 6.09 Å². The predicted octanol–water partition coefficient (Wildman–Crippen LogP) is -0.216. The molecule has 0 aliphatic rings. The van der Waals surface area contributed by atoms with Crippen molar-refractivity contribution in [2.24, 2.45) is 16.5 Å². The molecule has 0 aromatic rings. The number of carbonyl (C=O) groups excluding carboxylic acids is 1. The molecule has 6 heteroatoms. The second-order valence-electron chi connectivity index (χ2n) is 3.40. The fourth-order valence-electron chi connectivity index (χ4n) is 0.475. The average molecular weight is 206 g/mol. The lowest BCUT2D eigenvalue weighted by molar-refractivity contribution is 0.0529. The molecule has 0 fully saturated rings. The molecule has 0 spiro atoms. The van der Waals surface area contributed by atoms with Crippen LogP contribution >= 0.6 is 0 Å². The van der Waals surface area contributed by atoms with Crippen molar-refractivity contribution in [2.45, 2.75) is 26.4 Å². The monoisotopic (exact) mass is 206 g/mol. The third kappa shape index (κ3) is 8.63. The van der Waals surface area contributed by atoms with Gasteiger partial charge in [-0.05, 0) is 20.8 Å². The van der Waals surface area contributed by atoms with E-state index < -0.39 is 30.6 Å². The Kier molecular flexibility index (Phi) is 2.62. The number of hydrogen-bond donors (Lipinski definition) is 3. The van der Waals surface area contributed by atoms with E-state index in [4.69, 9.17) is 21.7 Å². The third-order valence-electron chi connectivity index (χ3n) is 0.804. The van der Waals surface area contributed by atoms with Crippen LogP contribution in [-0.2, 0) is 4.74 Å². The Labute approximate surface area is 89.3 Å². The second kappa shape index (κ2) is 5.31. The predicted molar refractivity (Wildman–Crippen MR) is 54.9 cm³/mol. The summed E-state index contributed by atoms with van der Waals surface area (Å²) in [4.78, 5) is 14.4. The quantitative estimate of drug-likeness (QED) is 0.439. The molecule has 0 unspecified atom stereocenters. The van der Waals surface area contributed by atoms with E-state index in [0.717, 1.165) is 0 Å². The molecule has 0 saturated carbocycles. The van der Waals surface area contributed by atoms with Crippen molar-refractivity contribution in [2.75, 3.05) is 13.0 Å². The van der Waals surface area contributed by atoms with Gasteiger partial charge in [-0.25, -0.2) is 4.79 Å². The molecular weight excluding hydrogens is 184 g/mol. The summed E-state index contributed by atoms with van der Waals surface area (Å²) < 4.78 is 34.4. The van der Waals surface area contributed by atoms with E-state index in [1.54, 1.807) is 26.1 Å². The molecule has 5 N–H and O–H groups in total. The van der Waals surface area contributed by atoms with Gasteiger partial charge in [-0.3, -0.25) is 4.99 Å². The first-order chi connectivity index (χ1) is 7.77. The van der Waals surface area contributed by atoms with Crippen molar-refractivity contribution in [3.8, 4) is 0 Å². The zero-order valence-corrected chi connectivity index (χ0v) is 8.42. The van der Waals surface area contributed by atoms with Crippen LogP contribution < -0.4 is 16.8 Å². The van der Waals surface area contributed by atoms with Crippen molar-refractivity contribution >= 4 is 12.1 Å². The average Bonchev–Trinajstić information content (AvgIpc) is 1.94. The Balaban J connectivity index is 4.86. The number of amides is 1. The van der Waals surface area contributed by atoms with E-state index >= 15 is 0 Å². The first-order valence-corrected chi connectivity index (χ1v) is 3.89. The topological polar surface area (TPSA) is 103 Å². The first-order valence-electron chi connectivity index (χ1n) is 5.89. The van der Waals surface area contributed by atoms with Crippen LogP contribution in [0.5, 0.6) is 0 Å². The van der Waals surface area contributed by atoms with E-state index in [0.29, 0.717) is 0 Å². The second-order valence-corrected chi connectivity index (χ2v) is 3.40. The zero-order valence-electron chi connectivity index (χ0n) is 12.4. The van der Waals surface area contributed by atoms with Gasteiger partial charge in [0.05, 0.1) is 12.0 Å². The van der Waals surface area contributed by atoms with E-state index in [9.17, 15) is 4.79 Å². The molecule has 1 amide bonds. The van der Waals surface area contributed by atoms with Crippen LogP contribution in [0.1, 0.15) is 26.3 Å². The summed E-state index contributed by atoms with van der Waals surface area (Å²) >= 11 is 0. The Morgan fingerprint density at radius 2 is 2.14 bits per heavy atom. The van der Waals surface area contributed by atoms with Gasteiger partial charge in [0.25, 0.3) is 0 Å². The molecular formula is C8H18N4O2. The number of aliphatic imine (C=N–C) groups is 1. The largest absolute Gasteiger partial charge is 0.444 e. The van der Waals surface area contributed by atoms with Gasteiger partial charge in [0.2, 0.25) is 0 Å². The number of guanidine groups is 1. The van der Waals surface area contributed by atoms with E-state index in [1.807, 2.05) is 0 Å². The first kappa shape index (κ1) is 6.92. The van der Waals surface area contributed by atoms with Crippen LogP contribution in [0.15, 0.2) is 4.99 Å². The summed E-state index contributed by atoms with van der Waals surface area (Å²) in [6.45, 7) is -0.867. The maximum atomic E-state index is 11.4. The maximum absolute atomic E-state index is 11.4.